The van der Waals surface area contributed by atoms with Crippen molar-refractivity contribution in [2.75, 3.05) is 24.3 Å². The summed E-state index contributed by atoms with van der Waals surface area (Å²) in [5.41, 5.74) is 9.07. The largest absolute Gasteiger partial charge is 0.465 e. The van der Waals surface area contributed by atoms with Crippen LogP contribution in [0.4, 0.5) is 11.4 Å². The van der Waals surface area contributed by atoms with Gasteiger partial charge in [-0.05, 0) is 50.3 Å². The average Bonchev–Trinajstić information content (AvgIpc) is 2.50. The van der Waals surface area contributed by atoms with E-state index in [1.54, 1.807) is 0 Å². The minimum atomic E-state index is -0.360. The van der Waals surface area contributed by atoms with Gasteiger partial charge in [-0.2, -0.15) is 0 Å². The topological polar surface area (TPSA) is 55.6 Å². The zero-order chi connectivity index (χ0) is 15.4. The predicted octanol–water partition coefficient (Wildman–Crippen LogP) is 3.52. The monoisotopic (exact) mass is 290 g/mol. The third-order valence-electron chi connectivity index (χ3n) is 4.36. The molecule has 2 N–H and O–H groups in total. The molecule has 0 amide bonds. The fourth-order valence-electron chi connectivity index (χ4n) is 3.20. The Bertz CT molecular complexity index is 512. The van der Waals surface area contributed by atoms with Gasteiger partial charge in [-0.25, -0.2) is 4.79 Å². The summed E-state index contributed by atoms with van der Waals surface area (Å²) in [5.74, 6) is -0.360. The normalized spacial score (nSPS) is 18.6. The number of esters is 1. The van der Waals surface area contributed by atoms with Crippen molar-refractivity contribution in [3.63, 3.8) is 0 Å². The summed E-state index contributed by atoms with van der Waals surface area (Å²) in [6.45, 7) is 5.22. The van der Waals surface area contributed by atoms with E-state index in [4.69, 9.17) is 10.5 Å². The Hall–Kier alpha value is -1.71. The van der Waals surface area contributed by atoms with E-state index in [0.29, 0.717) is 17.3 Å². The van der Waals surface area contributed by atoms with Crippen LogP contribution in [0.2, 0.25) is 0 Å². The Kier molecular flexibility index (Phi) is 5.10. The van der Waals surface area contributed by atoms with Crippen LogP contribution in [0.5, 0.6) is 0 Å². The van der Waals surface area contributed by atoms with Crippen LogP contribution in [0.1, 0.15) is 54.9 Å². The van der Waals surface area contributed by atoms with Gasteiger partial charge in [0.15, 0.2) is 0 Å². The van der Waals surface area contributed by atoms with Crippen molar-refractivity contribution < 1.29 is 9.53 Å². The summed E-state index contributed by atoms with van der Waals surface area (Å²) in [6.07, 6.45) is 6.09. The summed E-state index contributed by atoms with van der Waals surface area (Å²) in [7, 11) is 1.39. The number of hydrogen-bond acceptors (Lipinski definition) is 4. The highest BCUT2D eigenvalue weighted by Crippen LogP contribution is 2.31. The molecule has 0 bridgehead atoms. The molecule has 21 heavy (non-hydrogen) atoms. The van der Waals surface area contributed by atoms with Crippen LogP contribution in [0, 0.1) is 6.92 Å². The van der Waals surface area contributed by atoms with E-state index in [9.17, 15) is 4.79 Å². The Morgan fingerprint density at radius 1 is 1.43 bits per heavy atom. The zero-order valence-electron chi connectivity index (χ0n) is 13.3. The Labute approximate surface area is 127 Å². The maximum absolute atomic E-state index is 11.9. The maximum Gasteiger partial charge on any atom is 0.340 e. The lowest BCUT2D eigenvalue weighted by atomic mass is 9.96. The van der Waals surface area contributed by atoms with Gasteiger partial charge in [-0.15, -0.1) is 0 Å². The lowest BCUT2D eigenvalue weighted by molar-refractivity contribution is 0.0602. The number of carbonyl (C=O) groups is 1. The van der Waals surface area contributed by atoms with Crippen molar-refractivity contribution in [1.82, 2.24) is 0 Å². The number of ether oxygens (including phenoxy) is 1. The molecule has 4 heteroatoms. The van der Waals surface area contributed by atoms with Crippen LogP contribution < -0.4 is 10.6 Å². The molecule has 1 aliphatic heterocycles. The third-order valence-corrected chi connectivity index (χ3v) is 4.36. The van der Waals surface area contributed by atoms with Crippen molar-refractivity contribution in [3.8, 4) is 0 Å². The molecule has 1 heterocycles. The molecule has 1 fully saturated rings. The number of hydrogen-bond donors (Lipinski definition) is 1. The van der Waals surface area contributed by atoms with E-state index in [1.165, 1.54) is 39.2 Å². The first-order chi connectivity index (χ1) is 10.1. The number of anilines is 2. The molecule has 1 saturated heterocycles. The smallest absolute Gasteiger partial charge is 0.340 e. The molecule has 1 aromatic carbocycles. The van der Waals surface area contributed by atoms with Crippen LogP contribution in [0.15, 0.2) is 12.1 Å². The van der Waals surface area contributed by atoms with Crippen molar-refractivity contribution in [2.24, 2.45) is 0 Å². The van der Waals surface area contributed by atoms with Gasteiger partial charge in [0.05, 0.1) is 12.7 Å². The molecular weight excluding hydrogens is 264 g/mol. The number of carbonyl (C=O) groups excluding carboxylic acids is 1. The number of methoxy groups -OCH3 is 1. The summed E-state index contributed by atoms with van der Waals surface area (Å²) in [5, 5.41) is 0. The first-order valence-corrected chi connectivity index (χ1v) is 7.83. The highest BCUT2D eigenvalue weighted by atomic mass is 16.5. The van der Waals surface area contributed by atoms with E-state index < -0.39 is 0 Å². The Morgan fingerprint density at radius 2 is 2.19 bits per heavy atom. The van der Waals surface area contributed by atoms with Gasteiger partial charge in [0, 0.05) is 24.0 Å². The summed E-state index contributed by atoms with van der Waals surface area (Å²) >= 11 is 0. The highest BCUT2D eigenvalue weighted by Gasteiger charge is 2.24. The second-order valence-corrected chi connectivity index (χ2v) is 5.85. The number of nitrogens with two attached hydrogens (primary N) is 1. The Balaban J connectivity index is 2.38. The number of rotatable bonds is 4. The molecule has 2 rings (SSSR count). The summed E-state index contributed by atoms with van der Waals surface area (Å²) in [4.78, 5) is 14.3. The lowest BCUT2D eigenvalue weighted by Gasteiger charge is -2.38. The Morgan fingerprint density at radius 3 is 2.86 bits per heavy atom. The van der Waals surface area contributed by atoms with Crippen molar-refractivity contribution >= 4 is 17.3 Å². The molecule has 1 atom stereocenters. The number of nitrogen functional groups attached to an aromatic ring is 1. The minimum absolute atomic E-state index is 0.360. The molecule has 0 aromatic heterocycles. The SMILES string of the molecule is CCCC1CCCCN1c1cc(C)c(N)c(C(=O)OC)c1. The van der Waals surface area contributed by atoms with Gasteiger partial charge < -0.3 is 15.4 Å². The molecule has 4 nitrogen and oxygen atoms in total. The predicted molar refractivity (Wildman–Crippen MR) is 86.8 cm³/mol. The maximum atomic E-state index is 11.9. The average molecular weight is 290 g/mol. The fraction of sp³-hybridized carbons (Fsp3) is 0.588. The zero-order valence-corrected chi connectivity index (χ0v) is 13.3. The van der Waals surface area contributed by atoms with Gasteiger partial charge >= 0.3 is 5.97 Å². The van der Waals surface area contributed by atoms with Crippen LogP contribution in [-0.2, 0) is 4.74 Å². The van der Waals surface area contributed by atoms with E-state index in [2.05, 4.69) is 17.9 Å². The van der Waals surface area contributed by atoms with E-state index in [1.807, 2.05) is 13.0 Å². The summed E-state index contributed by atoms with van der Waals surface area (Å²) in [6, 6.07) is 4.55. The lowest BCUT2D eigenvalue weighted by Crippen LogP contribution is -2.39. The molecule has 0 aliphatic carbocycles. The van der Waals surface area contributed by atoms with Crippen LogP contribution in [0.25, 0.3) is 0 Å². The third kappa shape index (κ3) is 3.31. The number of benzene rings is 1. The van der Waals surface area contributed by atoms with Crippen molar-refractivity contribution in [3.05, 3.63) is 23.3 Å². The second kappa shape index (κ2) is 6.83. The second-order valence-electron chi connectivity index (χ2n) is 5.85. The van der Waals surface area contributed by atoms with Gasteiger partial charge in [0.1, 0.15) is 0 Å². The quantitative estimate of drug-likeness (QED) is 0.681. The fourth-order valence-corrected chi connectivity index (χ4v) is 3.20. The number of nitrogens with zero attached hydrogens (tertiary/aromatic N) is 1. The molecule has 1 aliphatic rings. The van der Waals surface area contributed by atoms with Crippen molar-refractivity contribution in [2.45, 2.75) is 52.0 Å². The summed E-state index contributed by atoms with van der Waals surface area (Å²) < 4.78 is 4.85. The standard InChI is InChI=1S/C17H26N2O2/c1-4-7-13-8-5-6-9-19(13)14-10-12(2)16(18)15(11-14)17(20)21-3/h10-11,13H,4-9,18H2,1-3H3. The van der Waals surface area contributed by atoms with E-state index in [-0.39, 0.29) is 5.97 Å². The highest BCUT2D eigenvalue weighted by molar-refractivity contribution is 5.97. The number of piperidine rings is 1. The molecule has 0 radical (unpaired) electrons. The first kappa shape index (κ1) is 15.7. The van der Waals surface area contributed by atoms with Crippen molar-refractivity contribution in [1.29, 1.82) is 0 Å². The molecule has 1 aromatic rings. The first-order valence-electron chi connectivity index (χ1n) is 7.83. The molecular formula is C17H26N2O2. The van der Waals surface area contributed by atoms with Gasteiger partial charge in [0.2, 0.25) is 0 Å². The molecule has 1 unspecified atom stereocenters. The molecule has 116 valence electrons. The van der Waals surface area contributed by atoms with Crippen LogP contribution in [-0.4, -0.2) is 25.7 Å². The van der Waals surface area contributed by atoms with Crippen LogP contribution >= 0.6 is 0 Å². The number of aryl methyl sites for hydroxylation is 1. The van der Waals surface area contributed by atoms with Gasteiger partial charge in [0.25, 0.3) is 0 Å². The van der Waals surface area contributed by atoms with Gasteiger partial charge in [-0.1, -0.05) is 13.3 Å². The van der Waals surface area contributed by atoms with Gasteiger partial charge in [-0.3, -0.25) is 0 Å². The van der Waals surface area contributed by atoms with E-state index >= 15 is 0 Å². The molecule has 0 saturated carbocycles. The molecule has 0 spiro atoms. The minimum Gasteiger partial charge on any atom is -0.465 e. The van der Waals surface area contributed by atoms with E-state index in [0.717, 1.165) is 17.8 Å². The van der Waals surface area contributed by atoms with Crippen LogP contribution in [0.3, 0.4) is 0 Å².